The fraction of sp³-hybridized carbons (Fsp3) is 0.379. The van der Waals surface area contributed by atoms with E-state index in [1.54, 1.807) is 0 Å². The van der Waals surface area contributed by atoms with E-state index < -0.39 is 15.6 Å². The second kappa shape index (κ2) is 10.7. The largest absolute Gasteiger partial charge is 0.410 e. The Morgan fingerprint density at radius 3 is 1.42 bits per heavy atom. The Labute approximate surface area is 219 Å². The average molecular weight is 590 g/mol. The summed E-state index contributed by atoms with van der Waals surface area (Å²) in [6.45, 7) is 11.9. The predicted molar refractivity (Wildman–Crippen MR) is 160 cm³/mol. The van der Waals surface area contributed by atoms with Crippen molar-refractivity contribution in [2.24, 2.45) is 5.92 Å². The van der Waals surface area contributed by atoms with Crippen LogP contribution in [0.5, 0.6) is 0 Å². The lowest BCUT2D eigenvalue weighted by molar-refractivity contribution is 0.180. The molecule has 0 amide bonds. The van der Waals surface area contributed by atoms with Crippen molar-refractivity contribution < 1.29 is 4.43 Å². The minimum atomic E-state index is -1.88. The molecule has 0 bridgehead atoms. The van der Waals surface area contributed by atoms with Crippen LogP contribution < -0.4 is 15.9 Å². The number of hydrogen-bond acceptors (Lipinski definition) is 1. The van der Waals surface area contributed by atoms with Gasteiger partial charge in [0.1, 0.15) is 23.2 Å². The van der Waals surface area contributed by atoms with E-state index in [4.69, 9.17) is 4.43 Å². The van der Waals surface area contributed by atoms with Gasteiger partial charge >= 0.3 is 0 Å². The Hall–Kier alpha value is -1.00. The molecule has 1 saturated carbocycles. The molecule has 0 unspecified atom stereocenters. The van der Waals surface area contributed by atoms with Gasteiger partial charge in [-0.15, -0.1) is 24.0 Å². The van der Waals surface area contributed by atoms with Crippen molar-refractivity contribution in [2.45, 2.75) is 57.8 Å². The normalized spacial score (nSPS) is 15.5. The zero-order valence-corrected chi connectivity index (χ0v) is 24.9. The predicted octanol–water partition coefficient (Wildman–Crippen LogP) is 7.40. The maximum atomic E-state index is 7.21. The minimum Gasteiger partial charge on any atom is -0.410 e. The second-order valence-electron chi connectivity index (χ2n) is 10.8. The van der Waals surface area contributed by atoms with Gasteiger partial charge < -0.3 is 4.43 Å². The Morgan fingerprint density at radius 1 is 0.758 bits per heavy atom. The number of benzene rings is 3. The van der Waals surface area contributed by atoms with E-state index in [0.29, 0.717) is 12.0 Å². The van der Waals surface area contributed by atoms with Crippen molar-refractivity contribution in [2.75, 3.05) is 6.16 Å². The van der Waals surface area contributed by atoms with Crippen LogP contribution in [0.3, 0.4) is 0 Å². The quantitative estimate of drug-likeness (QED) is 0.151. The van der Waals surface area contributed by atoms with Crippen molar-refractivity contribution in [3.05, 3.63) is 91.0 Å². The number of halogens is 1. The van der Waals surface area contributed by atoms with Crippen molar-refractivity contribution in [1.29, 1.82) is 0 Å². The van der Waals surface area contributed by atoms with Gasteiger partial charge in [-0.3, -0.25) is 0 Å². The first kappa shape index (κ1) is 26.6. The first-order chi connectivity index (χ1) is 15.2. The molecule has 0 aromatic heterocycles. The molecule has 0 radical (unpaired) electrons. The van der Waals surface area contributed by atoms with Crippen LogP contribution in [0.15, 0.2) is 91.0 Å². The van der Waals surface area contributed by atoms with Gasteiger partial charge in [-0.1, -0.05) is 75.4 Å². The summed E-state index contributed by atoms with van der Waals surface area (Å²) >= 11 is 0. The van der Waals surface area contributed by atoms with E-state index in [2.05, 4.69) is 125 Å². The fourth-order valence-corrected chi connectivity index (χ4v) is 10.4. The first-order valence-corrected chi connectivity index (χ1v) is 16.8. The third-order valence-corrected chi connectivity index (χ3v) is 16.4. The van der Waals surface area contributed by atoms with E-state index in [1.807, 2.05) is 0 Å². The van der Waals surface area contributed by atoms with Crippen LogP contribution in [0.25, 0.3) is 0 Å². The highest BCUT2D eigenvalue weighted by Crippen LogP contribution is 2.58. The maximum absolute atomic E-state index is 7.21. The molecule has 0 saturated heterocycles. The molecular formula is C29H39IOPSi+. The lowest BCUT2D eigenvalue weighted by Crippen LogP contribution is -2.47. The summed E-state index contributed by atoms with van der Waals surface area (Å²) in [5.74, 6) is 0.694. The van der Waals surface area contributed by atoms with Crippen LogP contribution in [0.4, 0.5) is 0 Å². The SMILES string of the molecule is CC(C)(C)[Si](C)(C)O[C@H](C[P+](c1ccccc1)(c1ccccc1)c1ccccc1)C1CC1.I. The summed E-state index contributed by atoms with van der Waals surface area (Å²) in [7, 11) is -3.74. The fourth-order valence-electron chi connectivity index (χ4n) is 4.39. The van der Waals surface area contributed by atoms with Gasteiger partial charge in [0.15, 0.2) is 8.32 Å². The van der Waals surface area contributed by atoms with E-state index in [1.165, 1.54) is 28.8 Å². The van der Waals surface area contributed by atoms with Gasteiger partial charge in [0.2, 0.25) is 0 Å². The van der Waals surface area contributed by atoms with Crippen LogP contribution in [0.1, 0.15) is 33.6 Å². The van der Waals surface area contributed by atoms with Crippen molar-refractivity contribution in [3.8, 4) is 0 Å². The lowest BCUT2D eigenvalue weighted by Gasteiger charge is -2.41. The Kier molecular flexibility index (Phi) is 8.64. The van der Waals surface area contributed by atoms with Crippen LogP contribution in [-0.2, 0) is 4.43 Å². The molecule has 0 spiro atoms. The molecule has 0 N–H and O–H groups in total. The van der Waals surface area contributed by atoms with E-state index in [-0.39, 0.29) is 29.0 Å². The lowest BCUT2D eigenvalue weighted by atomic mass is 10.2. The molecule has 4 heteroatoms. The Bertz CT molecular complexity index is 901. The molecule has 1 aliphatic rings. The molecule has 1 nitrogen and oxygen atoms in total. The van der Waals surface area contributed by atoms with Gasteiger partial charge in [-0.2, -0.15) is 0 Å². The highest BCUT2D eigenvalue weighted by atomic mass is 127. The summed E-state index contributed by atoms with van der Waals surface area (Å²) in [5.41, 5.74) is 0. The van der Waals surface area contributed by atoms with Gasteiger partial charge in [-0.05, 0) is 73.3 Å². The molecular weight excluding hydrogens is 550 g/mol. The van der Waals surface area contributed by atoms with Crippen LogP contribution in [-0.4, -0.2) is 20.6 Å². The molecule has 176 valence electrons. The smallest absolute Gasteiger partial charge is 0.192 e. The summed E-state index contributed by atoms with van der Waals surface area (Å²) < 4.78 is 7.21. The van der Waals surface area contributed by atoms with Gasteiger partial charge in [0.05, 0.1) is 12.3 Å². The monoisotopic (exact) mass is 589 g/mol. The van der Waals surface area contributed by atoms with E-state index >= 15 is 0 Å². The molecule has 3 aromatic carbocycles. The topological polar surface area (TPSA) is 9.23 Å². The van der Waals surface area contributed by atoms with Crippen molar-refractivity contribution in [1.82, 2.24) is 0 Å². The summed E-state index contributed by atoms with van der Waals surface area (Å²) in [6, 6.07) is 33.8. The van der Waals surface area contributed by atoms with E-state index in [0.717, 1.165) is 6.16 Å². The zero-order chi connectivity index (χ0) is 22.8. The molecule has 1 fully saturated rings. The van der Waals surface area contributed by atoms with Crippen LogP contribution in [0, 0.1) is 5.92 Å². The molecule has 4 rings (SSSR count). The summed E-state index contributed by atoms with van der Waals surface area (Å²) in [5, 5.41) is 4.60. The standard InChI is InChI=1S/C29H38OPSi.HI/c1-29(2,3)32(4,5)30-28(24-21-22-24)23-31(25-15-9-6-10-16-25,26-17-11-7-12-18-26)27-19-13-8-14-20-27;/h6-20,24,28H,21-23H2,1-5H3;1H/q+1;/t28-;/m1./s1. The minimum absolute atomic E-state index is 0. The molecule has 0 heterocycles. The van der Waals surface area contributed by atoms with Gasteiger partial charge in [0, 0.05) is 0 Å². The number of rotatable bonds is 8. The molecule has 33 heavy (non-hydrogen) atoms. The van der Waals surface area contributed by atoms with Crippen LogP contribution in [0.2, 0.25) is 18.1 Å². The second-order valence-corrected chi connectivity index (χ2v) is 19.0. The highest BCUT2D eigenvalue weighted by molar-refractivity contribution is 14.0. The van der Waals surface area contributed by atoms with E-state index in [9.17, 15) is 0 Å². The highest BCUT2D eigenvalue weighted by Gasteiger charge is 2.52. The van der Waals surface area contributed by atoms with Crippen LogP contribution >= 0.6 is 31.2 Å². The van der Waals surface area contributed by atoms with Gasteiger partial charge in [0.25, 0.3) is 0 Å². The third kappa shape index (κ3) is 5.81. The summed E-state index contributed by atoms with van der Waals surface area (Å²) in [4.78, 5) is 0. The average Bonchev–Trinajstić information content (AvgIpc) is 3.63. The van der Waals surface area contributed by atoms with Gasteiger partial charge in [-0.25, -0.2) is 0 Å². The first-order valence-electron chi connectivity index (χ1n) is 12.0. The van der Waals surface area contributed by atoms with Crippen molar-refractivity contribution in [3.63, 3.8) is 0 Å². The Balaban J connectivity index is 0.00000306. The third-order valence-electron chi connectivity index (χ3n) is 7.44. The molecule has 0 aliphatic heterocycles. The maximum Gasteiger partial charge on any atom is 0.192 e. The van der Waals surface area contributed by atoms with Crippen molar-refractivity contribution >= 4 is 55.5 Å². The molecule has 1 aliphatic carbocycles. The molecule has 3 aromatic rings. The number of hydrogen-bond donors (Lipinski definition) is 0. The summed E-state index contributed by atoms with van der Waals surface area (Å²) in [6.07, 6.45) is 4.00. The zero-order valence-electron chi connectivity index (χ0n) is 20.7. The Morgan fingerprint density at radius 2 is 1.12 bits per heavy atom. The molecule has 1 atom stereocenters.